The zero-order chi connectivity index (χ0) is 14.7. The van der Waals surface area contributed by atoms with Crippen LogP contribution in [0.2, 0.25) is 5.02 Å². The fraction of sp³-hybridized carbons (Fsp3) is 0.250. The lowest BCUT2D eigenvalue weighted by Gasteiger charge is -2.20. The maximum absolute atomic E-state index is 13.4. The number of hydrogen-bond donors (Lipinski definition) is 1. The van der Waals surface area contributed by atoms with Gasteiger partial charge in [-0.15, -0.1) is 0 Å². The Morgan fingerprint density at radius 3 is 2.45 bits per heavy atom. The van der Waals surface area contributed by atoms with Gasteiger partial charge >= 0.3 is 0 Å². The number of nitrogens with one attached hydrogen (secondary N) is 1. The summed E-state index contributed by atoms with van der Waals surface area (Å²) in [6.07, 6.45) is 0. The van der Waals surface area contributed by atoms with Crippen molar-refractivity contribution in [2.24, 2.45) is 0 Å². The van der Waals surface area contributed by atoms with Crippen molar-refractivity contribution in [3.05, 3.63) is 67.5 Å². The van der Waals surface area contributed by atoms with Gasteiger partial charge in [-0.25, -0.2) is 4.39 Å². The maximum Gasteiger partial charge on any atom is 0.126 e. The smallest absolute Gasteiger partial charge is 0.126 e. The molecule has 0 spiro atoms. The van der Waals surface area contributed by atoms with Crippen LogP contribution in [0, 0.1) is 16.3 Å². The van der Waals surface area contributed by atoms with Gasteiger partial charge in [0.1, 0.15) is 5.82 Å². The molecule has 1 nitrogen and oxygen atoms in total. The molecule has 20 heavy (non-hydrogen) atoms. The average Bonchev–Trinajstić information content (AvgIpc) is 2.43. The van der Waals surface area contributed by atoms with E-state index in [0.717, 1.165) is 26.3 Å². The quantitative estimate of drug-likeness (QED) is 0.701. The van der Waals surface area contributed by atoms with Gasteiger partial charge in [0.05, 0.1) is 11.1 Å². The van der Waals surface area contributed by atoms with Crippen molar-refractivity contribution < 1.29 is 4.39 Å². The minimum absolute atomic E-state index is 0.0220. The van der Waals surface area contributed by atoms with Crippen molar-refractivity contribution in [3.8, 4) is 0 Å². The third-order valence-corrected chi connectivity index (χ3v) is 4.77. The molecule has 2 rings (SSSR count). The molecule has 0 aliphatic carbocycles. The molecule has 0 bridgehead atoms. The third kappa shape index (κ3) is 3.51. The topological polar surface area (TPSA) is 12.0 Å². The van der Waals surface area contributed by atoms with Crippen LogP contribution in [0.3, 0.4) is 0 Å². The lowest BCUT2D eigenvalue weighted by Crippen LogP contribution is -2.22. The van der Waals surface area contributed by atoms with E-state index in [-0.39, 0.29) is 11.9 Å². The van der Waals surface area contributed by atoms with Crippen LogP contribution < -0.4 is 5.32 Å². The van der Waals surface area contributed by atoms with Gasteiger partial charge in [0.25, 0.3) is 0 Å². The summed E-state index contributed by atoms with van der Waals surface area (Å²) in [5.74, 6) is -0.176. The average molecular weight is 404 g/mol. The maximum atomic E-state index is 13.4. The summed E-state index contributed by atoms with van der Waals surface area (Å²) in [5, 5.41) is 4.17. The number of aryl methyl sites for hydroxylation is 1. The molecule has 0 radical (unpaired) electrons. The lowest BCUT2D eigenvalue weighted by molar-refractivity contribution is 0.606. The van der Waals surface area contributed by atoms with Crippen molar-refractivity contribution >= 4 is 34.2 Å². The lowest BCUT2D eigenvalue weighted by atomic mass is 9.97. The molecule has 1 unspecified atom stereocenters. The monoisotopic (exact) mass is 403 g/mol. The fourth-order valence-electron chi connectivity index (χ4n) is 2.17. The van der Waals surface area contributed by atoms with Crippen LogP contribution in [0.4, 0.5) is 4.39 Å². The highest BCUT2D eigenvalue weighted by Crippen LogP contribution is 2.28. The van der Waals surface area contributed by atoms with Crippen LogP contribution in [0.25, 0.3) is 0 Å². The molecule has 1 atom stereocenters. The van der Waals surface area contributed by atoms with Crippen LogP contribution in [-0.2, 0) is 0 Å². The Kier molecular flexibility index (Phi) is 5.41. The van der Waals surface area contributed by atoms with E-state index >= 15 is 0 Å². The Morgan fingerprint density at radius 1 is 1.20 bits per heavy atom. The predicted octanol–water partition coefficient (Wildman–Crippen LogP) is 5.09. The van der Waals surface area contributed by atoms with Gasteiger partial charge in [-0.05, 0) is 70.9 Å². The van der Waals surface area contributed by atoms with Crippen LogP contribution in [0.1, 0.15) is 29.7 Å². The number of halogens is 3. The molecule has 0 fully saturated rings. The zero-order valence-electron chi connectivity index (χ0n) is 11.4. The van der Waals surface area contributed by atoms with Crippen LogP contribution in [0.5, 0.6) is 0 Å². The van der Waals surface area contributed by atoms with E-state index in [4.69, 9.17) is 11.6 Å². The first-order valence-corrected chi connectivity index (χ1v) is 7.93. The Morgan fingerprint density at radius 2 is 1.85 bits per heavy atom. The first-order chi connectivity index (χ1) is 9.52. The van der Waals surface area contributed by atoms with E-state index < -0.39 is 0 Å². The molecule has 0 amide bonds. The molecule has 0 aliphatic rings. The standard InChI is InChI=1S/C16H16ClFIN/c1-3-20-16(11-4-6-14(18)10(2)8-11)12-5-7-15(19)13(17)9-12/h4-9,16,20H,3H2,1-2H3. The molecule has 0 saturated heterocycles. The second-order valence-electron chi connectivity index (χ2n) is 4.67. The number of rotatable bonds is 4. The molecule has 106 valence electrons. The zero-order valence-corrected chi connectivity index (χ0v) is 14.3. The van der Waals surface area contributed by atoms with Gasteiger partial charge in [-0.2, -0.15) is 0 Å². The third-order valence-electron chi connectivity index (χ3n) is 3.20. The SMILES string of the molecule is CCNC(c1ccc(F)c(C)c1)c1ccc(I)c(Cl)c1. The first-order valence-electron chi connectivity index (χ1n) is 6.47. The summed E-state index contributed by atoms with van der Waals surface area (Å²) in [7, 11) is 0. The molecule has 1 N–H and O–H groups in total. The highest BCUT2D eigenvalue weighted by molar-refractivity contribution is 14.1. The summed E-state index contributed by atoms with van der Waals surface area (Å²) in [6, 6.07) is 11.3. The van der Waals surface area contributed by atoms with Crippen molar-refractivity contribution in [3.63, 3.8) is 0 Å². The van der Waals surface area contributed by atoms with E-state index in [9.17, 15) is 4.39 Å². The molecule has 2 aromatic carbocycles. The van der Waals surface area contributed by atoms with Crippen molar-refractivity contribution in [1.29, 1.82) is 0 Å². The van der Waals surface area contributed by atoms with E-state index in [2.05, 4.69) is 40.9 Å². The highest BCUT2D eigenvalue weighted by atomic mass is 127. The molecule has 2 aromatic rings. The van der Waals surface area contributed by atoms with E-state index in [1.807, 2.05) is 24.3 Å². The van der Waals surface area contributed by atoms with Gasteiger partial charge in [0.2, 0.25) is 0 Å². The van der Waals surface area contributed by atoms with E-state index in [1.54, 1.807) is 6.92 Å². The minimum atomic E-state index is -0.176. The number of hydrogen-bond acceptors (Lipinski definition) is 1. The summed E-state index contributed by atoms with van der Waals surface area (Å²) in [4.78, 5) is 0. The van der Waals surface area contributed by atoms with Crippen molar-refractivity contribution in [2.45, 2.75) is 19.9 Å². The van der Waals surface area contributed by atoms with Gasteiger partial charge in [0, 0.05) is 3.57 Å². The Hall–Kier alpha value is -0.650. The Balaban J connectivity index is 2.44. The summed E-state index contributed by atoms with van der Waals surface area (Å²) in [5.41, 5.74) is 2.79. The summed E-state index contributed by atoms with van der Waals surface area (Å²) < 4.78 is 14.5. The van der Waals surface area contributed by atoms with Crippen LogP contribution >= 0.6 is 34.2 Å². The predicted molar refractivity (Wildman–Crippen MR) is 90.8 cm³/mol. The van der Waals surface area contributed by atoms with Crippen molar-refractivity contribution in [1.82, 2.24) is 5.32 Å². The summed E-state index contributed by atoms with van der Waals surface area (Å²) in [6.45, 7) is 4.66. The second kappa shape index (κ2) is 6.87. The molecule has 0 aliphatic heterocycles. The van der Waals surface area contributed by atoms with Crippen molar-refractivity contribution in [2.75, 3.05) is 6.54 Å². The van der Waals surface area contributed by atoms with Gasteiger partial charge < -0.3 is 5.32 Å². The van der Waals surface area contributed by atoms with Crippen LogP contribution in [-0.4, -0.2) is 6.54 Å². The minimum Gasteiger partial charge on any atom is -0.307 e. The van der Waals surface area contributed by atoms with Gasteiger partial charge in [0.15, 0.2) is 0 Å². The molecule has 0 heterocycles. The molecule has 4 heteroatoms. The Labute approximate surface area is 137 Å². The van der Waals surface area contributed by atoms with Gasteiger partial charge in [-0.3, -0.25) is 0 Å². The molecular weight excluding hydrogens is 388 g/mol. The molecule has 0 aromatic heterocycles. The molecule has 0 saturated carbocycles. The van der Waals surface area contributed by atoms with Gasteiger partial charge in [-0.1, -0.05) is 36.7 Å². The number of benzene rings is 2. The second-order valence-corrected chi connectivity index (χ2v) is 6.24. The molecular formula is C16H16ClFIN. The largest absolute Gasteiger partial charge is 0.307 e. The van der Waals surface area contributed by atoms with E-state index in [0.29, 0.717) is 5.56 Å². The van der Waals surface area contributed by atoms with Crippen LogP contribution in [0.15, 0.2) is 36.4 Å². The first kappa shape index (κ1) is 15.7. The van der Waals surface area contributed by atoms with E-state index in [1.165, 1.54) is 6.07 Å². The highest BCUT2D eigenvalue weighted by Gasteiger charge is 2.15. The summed E-state index contributed by atoms with van der Waals surface area (Å²) >= 11 is 8.41. The fourth-order valence-corrected chi connectivity index (χ4v) is 2.70. The Bertz CT molecular complexity index is 564. The normalized spacial score (nSPS) is 12.4.